The molecule has 0 fully saturated rings. The van der Waals surface area contributed by atoms with E-state index in [4.69, 9.17) is 0 Å². The van der Waals surface area contributed by atoms with E-state index in [1.54, 1.807) is 29.8 Å². The van der Waals surface area contributed by atoms with E-state index in [0.717, 1.165) is 5.56 Å². The van der Waals surface area contributed by atoms with E-state index >= 15 is 0 Å². The van der Waals surface area contributed by atoms with Crippen molar-refractivity contribution < 1.29 is 13.9 Å². The Kier molecular flexibility index (Phi) is 3.98. The van der Waals surface area contributed by atoms with Crippen LogP contribution in [0.3, 0.4) is 0 Å². The molecule has 0 spiro atoms. The second kappa shape index (κ2) is 5.69. The van der Waals surface area contributed by atoms with Crippen LogP contribution in [0.15, 0.2) is 41.5 Å². The van der Waals surface area contributed by atoms with E-state index in [-0.39, 0.29) is 16.8 Å². The molecule has 0 aliphatic rings. The van der Waals surface area contributed by atoms with Gasteiger partial charge in [0.05, 0.1) is 7.11 Å². The van der Waals surface area contributed by atoms with Crippen LogP contribution in [0, 0.1) is 12.7 Å². The van der Waals surface area contributed by atoms with Crippen molar-refractivity contribution in [1.82, 2.24) is 4.57 Å². The van der Waals surface area contributed by atoms with Gasteiger partial charge in [0.15, 0.2) is 5.43 Å². The molecule has 0 atom stereocenters. The lowest BCUT2D eigenvalue weighted by atomic mass is 10.1. The quantitative estimate of drug-likeness (QED) is 0.806. The Hall–Kier alpha value is -2.43. The Morgan fingerprint density at radius 1 is 1.25 bits per heavy atom. The lowest BCUT2D eigenvalue weighted by Crippen LogP contribution is -2.21. The number of nitrogens with zero attached hydrogens (tertiary/aromatic N) is 1. The molecule has 0 aliphatic heterocycles. The molecule has 0 saturated carbocycles. The molecule has 4 nitrogen and oxygen atoms in total. The average Bonchev–Trinajstić information content (AvgIpc) is 2.44. The van der Waals surface area contributed by atoms with Crippen LogP contribution in [-0.2, 0) is 11.3 Å². The van der Waals surface area contributed by atoms with Crippen LogP contribution in [0.2, 0.25) is 0 Å². The maximum Gasteiger partial charge on any atom is 0.343 e. The Morgan fingerprint density at radius 2 is 1.90 bits per heavy atom. The Morgan fingerprint density at radius 3 is 2.50 bits per heavy atom. The molecule has 0 aliphatic carbocycles. The molecule has 20 heavy (non-hydrogen) atoms. The third kappa shape index (κ3) is 2.93. The van der Waals surface area contributed by atoms with Crippen molar-refractivity contribution in [3.63, 3.8) is 0 Å². The fraction of sp³-hybridized carbons (Fsp3) is 0.200. The number of aryl methyl sites for hydroxylation is 1. The molecule has 2 rings (SSSR count). The Bertz CT molecular complexity index is 689. The lowest BCUT2D eigenvalue weighted by molar-refractivity contribution is 0.0598. The summed E-state index contributed by atoms with van der Waals surface area (Å²) in [5, 5.41) is 0. The summed E-state index contributed by atoms with van der Waals surface area (Å²) in [7, 11) is 1.23. The van der Waals surface area contributed by atoms with Gasteiger partial charge in [0.1, 0.15) is 11.4 Å². The summed E-state index contributed by atoms with van der Waals surface area (Å²) in [6, 6.07) is 6.04. The molecule has 0 saturated heterocycles. The normalized spacial score (nSPS) is 10.3. The summed E-state index contributed by atoms with van der Waals surface area (Å²) in [6.07, 6.45) is 3.10. The lowest BCUT2D eigenvalue weighted by Gasteiger charge is -2.10. The van der Waals surface area contributed by atoms with Gasteiger partial charge in [0, 0.05) is 24.5 Å². The SMILES string of the molecule is COC(=O)c1cn(Cc2ccc(F)cc2)cc(C)c1=O. The smallest absolute Gasteiger partial charge is 0.343 e. The van der Waals surface area contributed by atoms with Crippen molar-refractivity contribution in [3.05, 3.63) is 69.4 Å². The van der Waals surface area contributed by atoms with Crippen molar-refractivity contribution in [2.75, 3.05) is 7.11 Å². The number of rotatable bonds is 3. The van der Waals surface area contributed by atoms with Crippen LogP contribution in [-0.4, -0.2) is 17.6 Å². The number of hydrogen-bond donors (Lipinski definition) is 0. The maximum absolute atomic E-state index is 12.8. The standard InChI is InChI=1S/C15H14FNO3/c1-10-7-17(8-11-3-5-12(16)6-4-11)9-13(14(10)18)15(19)20-2/h3-7,9H,8H2,1-2H3. The van der Waals surface area contributed by atoms with Crippen LogP contribution in [0.4, 0.5) is 4.39 Å². The van der Waals surface area contributed by atoms with Gasteiger partial charge < -0.3 is 9.30 Å². The van der Waals surface area contributed by atoms with Gasteiger partial charge in [-0.2, -0.15) is 0 Å². The molecule has 2 aromatic rings. The number of hydrogen-bond acceptors (Lipinski definition) is 3. The van der Waals surface area contributed by atoms with E-state index in [2.05, 4.69) is 4.74 Å². The molecule has 1 aromatic carbocycles. The first kappa shape index (κ1) is 14.0. The molecule has 104 valence electrons. The number of halogens is 1. The number of carbonyl (C=O) groups excluding carboxylic acids is 1. The van der Waals surface area contributed by atoms with E-state index in [0.29, 0.717) is 12.1 Å². The third-order valence-electron chi connectivity index (χ3n) is 2.94. The van der Waals surface area contributed by atoms with Gasteiger partial charge in [-0.25, -0.2) is 9.18 Å². The summed E-state index contributed by atoms with van der Waals surface area (Å²) in [5.74, 6) is -0.966. The molecule has 0 amide bonds. The minimum atomic E-state index is -0.661. The largest absolute Gasteiger partial charge is 0.465 e. The first-order chi connectivity index (χ1) is 9.51. The number of aromatic nitrogens is 1. The highest BCUT2D eigenvalue weighted by Crippen LogP contribution is 2.07. The molecule has 1 heterocycles. The Labute approximate surface area is 115 Å². The summed E-state index contributed by atoms with van der Waals surface area (Å²) in [6.45, 7) is 2.07. The van der Waals surface area contributed by atoms with Gasteiger partial charge in [0.25, 0.3) is 0 Å². The minimum absolute atomic E-state index is 0.00499. The van der Waals surface area contributed by atoms with Crippen molar-refractivity contribution in [2.24, 2.45) is 0 Å². The van der Waals surface area contributed by atoms with Crippen LogP contribution in [0.25, 0.3) is 0 Å². The van der Waals surface area contributed by atoms with Crippen LogP contribution >= 0.6 is 0 Å². The number of carbonyl (C=O) groups is 1. The van der Waals surface area contributed by atoms with Crippen molar-refractivity contribution >= 4 is 5.97 Å². The second-order valence-corrected chi connectivity index (χ2v) is 4.47. The van der Waals surface area contributed by atoms with Crippen LogP contribution < -0.4 is 5.43 Å². The molecule has 1 aromatic heterocycles. The summed E-state index contributed by atoms with van der Waals surface area (Å²) in [4.78, 5) is 23.4. The van der Waals surface area contributed by atoms with Gasteiger partial charge in [0.2, 0.25) is 0 Å². The molecular weight excluding hydrogens is 261 g/mol. The fourth-order valence-electron chi connectivity index (χ4n) is 1.93. The summed E-state index contributed by atoms with van der Waals surface area (Å²) >= 11 is 0. The third-order valence-corrected chi connectivity index (χ3v) is 2.94. The topological polar surface area (TPSA) is 48.3 Å². The first-order valence-electron chi connectivity index (χ1n) is 6.04. The second-order valence-electron chi connectivity index (χ2n) is 4.47. The highest BCUT2D eigenvalue weighted by molar-refractivity contribution is 5.89. The minimum Gasteiger partial charge on any atom is -0.465 e. The number of methoxy groups -OCH3 is 1. The number of pyridine rings is 1. The molecule has 0 bridgehead atoms. The monoisotopic (exact) mass is 275 g/mol. The zero-order valence-electron chi connectivity index (χ0n) is 11.2. The zero-order chi connectivity index (χ0) is 14.7. The molecular formula is C15H14FNO3. The van der Waals surface area contributed by atoms with Crippen LogP contribution in [0.5, 0.6) is 0 Å². The van der Waals surface area contributed by atoms with Gasteiger partial charge in [-0.15, -0.1) is 0 Å². The average molecular weight is 275 g/mol. The first-order valence-corrected chi connectivity index (χ1v) is 6.04. The summed E-state index contributed by atoms with van der Waals surface area (Å²) < 4.78 is 19.1. The number of esters is 1. The highest BCUT2D eigenvalue weighted by atomic mass is 19.1. The van der Waals surface area contributed by atoms with Crippen LogP contribution in [0.1, 0.15) is 21.5 Å². The van der Waals surface area contributed by atoms with E-state index in [1.807, 2.05) is 0 Å². The van der Waals surface area contributed by atoms with E-state index in [9.17, 15) is 14.0 Å². The fourth-order valence-corrected chi connectivity index (χ4v) is 1.93. The van der Waals surface area contributed by atoms with Gasteiger partial charge in [-0.3, -0.25) is 4.79 Å². The predicted octanol–water partition coefficient (Wildman–Crippen LogP) is 2.13. The molecule has 0 N–H and O–H groups in total. The molecule has 5 heteroatoms. The summed E-state index contributed by atoms with van der Waals surface area (Å²) in [5.41, 5.74) is 0.974. The van der Waals surface area contributed by atoms with Gasteiger partial charge in [-0.05, 0) is 24.6 Å². The van der Waals surface area contributed by atoms with Crippen molar-refractivity contribution in [3.8, 4) is 0 Å². The van der Waals surface area contributed by atoms with Gasteiger partial charge >= 0.3 is 5.97 Å². The highest BCUT2D eigenvalue weighted by Gasteiger charge is 2.13. The van der Waals surface area contributed by atoms with Gasteiger partial charge in [-0.1, -0.05) is 12.1 Å². The maximum atomic E-state index is 12.8. The predicted molar refractivity (Wildman–Crippen MR) is 72.3 cm³/mol. The molecule has 0 unspecified atom stereocenters. The molecule has 0 radical (unpaired) electrons. The van der Waals surface area contributed by atoms with E-state index < -0.39 is 5.97 Å². The zero-order valence-corrected chi connectivity index (χ0v) is 11.2. The Balaban J connectivity index is 2.38. The van der Waals surface area contributed by atoms with Crippen molar-refractivity contribution in [2.45, 2.75) is 13.5 Å². The number of ether oxygens (including phenoxy) is 1. The van der Waals surface area contributed by atoms with Crippen molar-refractivity contribution in [1.29, 1.82) is 0 Å². The number of benzene rings is 1. The van der Waals surface area contributed by atoms with E-state index in [1.165, 1.54) is 25.4 Å².